The van der Waals surface area contributed by atoms with Crippen LogP contribution in [0.1, 0.15) is 25.7 Å². The molecule has 166 valence electrons. The topological polar surface area (TPSA) is 105 Å². The van der Waals surface area contributed by atoms with Gasteiger partial charge < -0.3 is 25.0 Å². The number of halogens is 2. The van der Waals surface area contributed by atoms with Crippen molar-refractivity contribution in [1.29, 1.82) is 0 Å². The largest absolute Gasteiger partial charge is 0.396 e. The SMILES string of the molecule is CCNC(=NCC1(CCO)CCOC1)NCCc1nc(-c2cccc(Cl)c2)no1.I. The van der Waals surface area contributed by atoms with Gasteiger partial charge in [0.2, 0.25) is 11.7 Å². The molecule has 1 aromatic heterocycles. The summed E-state index contributed by atoms with van der Waals surface area (Å²) in [5, 5.41) is 20.6. The molecule has 1 saturated heterocycles. The Balaban J connectivity index is 0.00000320. The Bertz CT molecular complexity index is 811. The minimum absolute atomic E-state index is 0. The Labute approximate surface area is 198 Å². The molecule has 0 amide bonds. The monoisotopic (exact) mass is 549 g/mol. The highest BCUT2D eigenvalue weighted by atomic mass is 127. The van der Waals surface area contributed by atoms with Crippen LogP contribution in [0.4, 0.5) is 0 Å². The maximum Gasteiger partial charge on any atom is 0.228 e. The van der Waals surface area contributed by atoms with Crippen LogP contribution in [0.3, 0.4) is 0 Å². The first-order chi connectivity index (χ1) is 14.1. The number of aliphatic hydroxyl groups excluding tert-OH is 1. The van der Waals surface area contributed by atoms with Crippen LogP contribution in [0.2, 0.25) is 5.02 Å². The smallest absolute Gasteiger partial charge is 0.228 e. The maximum absolute atomic E-state index is 9.36. The summed E-state index contributed by atoms with van der Waals surface area (Å²) in [6.07, 6.45) is 2.19. The molecule has 1 aliphatic rings. The first kappa shape index (κ1) is 24.8. The van der Waals surface area contributed by atoms with Gasteiger partial charge in [0.05, 0.1) is 13.2 Å². The lowest BCUT2D eigenvalue weighted by Gasteiger charge is -2.24. The van der Waals surface area contributed by atoms with E-state index in [4.69, 9.17) is 25.9 Å². The Hall–Kier alpha value is -1.43. The van der Waals surface area contributed by atoms with E-state index in [1.165, 1.54) is 0 Å². The van der Waals surface area contributed by atoms with Crippen LogP contribution >= 0.6 is 35.6 Å². The van der Waals surface area contributed by atoms with Gasteiger partial charge in [0, 0.05) is 48.7 Å². The molecule has 1 atom stereocenters. The molecule has 3 N–H and O–H groups in total. The zero-order valence-electron chi connectivity index (χ0n) is 17.1. The fraction of sp³-hybridized carbons (Fsp3) is 0.550. The minimum Gasteiger partial charge on any atom is -0.396 e. The highest BCUT2D eigenvalue weighted by Crippen LogP contribution is 2.32. The maximum atomic E-state index is 9.36. The molecule has 0 saturated carbocycles. The van der Waals surface area contributed by atoms with Crippen molar-refractivity contribution < 1.29 is 14.4 Å². The number of ether oxygens (including phenoxy) is 1. The van der Waals surface area contributed by atoms with Crippen molar-refractivity contribution in [2.45, 2.75) is 26.2 Å². The third-order valence-corrected chi connectivity index (χ3v) is 5.16. The van der Waals surface area contributed by atoms with E-state index in [1.807, 2.05) is 19.1 Å². The van der Waals surface area contributed by atoms with Crippen LogP contribution in [0.5, 0.6) is 0 Å². The van der Waals surface area contributed by atoms with E-state index in [0.717, 1.165) is 31.1 Å². The van der Waals surface area contributed by atoms with Crippen molar-refractivity contribution in [2.75, 3.05) is 39.5 Å². The number of nitrogens with one attached hydrogen (secondary N) is 2. The van der Waals surface area contributed by atoms with E-state index in [9.17, 15) is 5.11 Å². The van der Waals surface area contributed by atoms with E-state index < -0.39 is 0 Å². The number of rotatable bonds is 9. The van der Waals surface area contributed by atoms with Crippen LogP contribution < -0.4 is 10.6 Å². The number of hydrogen-bond donors (Lipinski definition) is 3. The van der Waals surface area contributed by atoms with E-state index in [-0.39, 0.29) is 36.0 Å². The molecule has 0 radical (unpaired) electrons. The van der Waals surface area contributed by atoms with E-state index in [2.05, 4.69) is 20.8 Å². The third-order valence-electron chi connectivity index (χ3n) is 4.93. The molecule has 1 fully saturated rings. The molecule has 0 bridgehead atoms. The summed E-state index contributed by atoms with van der Waals surface area (Å²) in [5.74, 6) is 1.80. The number of guanidine groups is 1. The predicted octanol–water partition coefficient (Wildman–Crippen LogP) is 2.89. The average molecular weight is 550 g/mol. The lowest BCUT2D eigenvalue weighted by molar-refractivity contribution is 0.131. The molecule has 1 aliphatic heterocycles. The molecule has 30 heavy (non-hydrogen) atoms. The first-order valence-corrected chi connectivity index (χ1v) is 10.3. The second-order valence-electron chi connectivity index (χ2n) is 7.17. The third kappa shape index (κ3) is 7.07. The molecule has 2 heterocycles. The molecular weight excluding hydrogens is 521 g/mol. The van der Waals surface area contributed by atoms with Gasteiger partial charge in [0.1, 0.15) is 0 Å². The van der Waals surface area contributed by atoms with Crippen molar-refractivity contribution in [2.24, 2.45) is 10.4 Å². The quantitative estimate of drug-likeness (QED) is 0.251. The van der Waals surface area contributed by atoms with Gasteiger partial charge >= 0.3 is 0 Å². The fourth-order valence-corrected chi connectivity index (χ4v) is 3.46. The molecule has 3 rings (SSSR count). The van der Waals surface area contributed by atoms with Gasteiger partial charge in [-0.25, -0.2) is 0 Å². The molecule has 1 aromatic carbocycles. The van der Waals surface area contributed by atoms with Gasteiger partial charge in [-0.15, -0.1) is 24.0 Å². The van der Waals surface area contributed by atoms with Crippen molar-refractivity contribution >= 4 is 41.5 Å². The molecular formula is C20H29ClIN5O3. The highest BCUT2D eigenvalue weighted by Gasteiger charge is 2.34. The second-order valence-corrected chi connectivity index (χ2v) is 7.61. The molecule has 2 aromatic rings. The molecule has 0 aliphatic carbocycles. The van der Waals surface area contributed by atoms with Crippen LogP contribution in [-0.4, -0.2) is 60.7 Å². The molecule has 0 spiro atoms. The van der Waals surface area contributed by atoms with Crippen molar-refractivity contribution in [3.8, 4) is 11.4 Å². The number of nitrogens with zero attached hydrogens (tertiary/aromatic N) is 3. The Morgan fingerprint density at radius 1 is 1.37 bits per heavy atom. The molecule has 1 unspecified atom stereocenters. The highest BCUT2D eigenvalue weighted by molar-refractivity contribution is 14.0. The fourth-order valence-electron chi connectivity index (χ4n) is 3.27. The normalized spacial score (nSPS) is 18.8. The van der Waals surface area contributed by atoms with E-state index in [0.29, 0.717) is 49.3 Å². The van der Waals surface area contributed by atoms with Gasteiger partial charge in [-0.3, -0.25) is 4.99 Å². The predicted molar refractivity (Wildman–Crippen MR) is 127 cm³/mol. The lowest BCUT2D eigenvalue weighted by Crippen LogP contribution is -2.39. The Kier molecular flexibility index (Phi) is 10.3. The molecule has 8 nitrogen and oxygen atoms in total. The average Bonchev–Trinajstić information content (AvgIpc) is 3.37. The van der Waals surface area contributed by atoms with E-state index >= 15 is 0 Å². The van der Waals surface area contributed by atoms with Gasteiger partial charge in [-0.1, -0.05) is 28.9 Å². The van der Waals surface area contributed by atoms with Crippen molar-refractivity contribution in [3.05, 3.63) is 35.2 Å². The number of hydrogen-bond acceptors (Lipinski definition) is 6. The zero-order chi connectivity index (χ0) is 20.5. The summed E-state index contributed by atoms with van der Waals surface area (Å²) in [6, 6.07) is 7.36. The molecule has 10 heteroatoms. The van der Waals surface area contributed by atoms with Crippen LogP contribution in [0.25, 0.3) is 11.4 Å². The van der Waals surface area contributed by atoms with Crippen LogP contribution in [0.15, 0.2) is 33.8 Å². The van der Waals surface area contributed by atoms with Crippen molar-refractivity contribution in [1.82, 2.24) is 20.8 Å². The summed E-state index contributed by atoms with van der Waals surface area (Å²) < 4.78 is 10.9. The standard InChI is InChI=1S/C20H28ClN5O3.HI/c1-2-22-19(24-13-20(7-10-27)8-11-28-14-20)23-9-6-17-25-18(26-29-17)15-4-3-5-16(21)12-15;/h3-5,12,27H,2,6-11,13-14H2,1H3,(H2,22,23,24);1H. The van der Waals surface area contributed by atoms with Gasteiger partial charge in [0.15, 0.2) is 5.96 Å². The first-order valence-electron chi connectivity index (χ1n) is 9.93. The number of aromatic nitrogens is 2. The zero-order valence-corrected chi connectivity index (χ0v) is 20.2. The van der Waals surface area contributed by atoms with Crippen LogP contribution in [-0.2, 0) is 11.2 Å². The minimum atomic E-state index is -0.0740. The summed E-state index contributed by atoms with van der Waals surface area (Å²) >= 11 is 6.02. The number of aliphatic imine (C=N–C) groups is 1. The summed E-state index contributed by atoms with van der Waals surface area (Å²) in [6.45, 7) is 5.52. The van der Waals surface area contributed by atoms with Crippen molar-refractivity contribution in [3.63, 3.8) is 0 Å². The lowest BCUT2D eigenvalue weighted by atomic mass is 9.84. The summed E-state index contributed by atoms with van der Waals surface area (Å²) in [7, 11) is 0. The number of aliphatic hydroxyl groups is 1. The Morgan fingerprint density at radius 2 is 2.23 bits per heavy atom. The van der Waals surface area contributed by atoms with E-state index in [1.54, 1.807) is 12.1 Å². The summed E-state index contributed by atoms with van der Waals surface area (Å²) in [5.41, 5.74) is 0.749. The van der Waals surface area contributed by atoms with Crippen LogP contribution in [0, 0.1) is 5.41 Å². The van der Waals surface area contributed by atoms with Gasteiger partial charge in [0.25, 0.3) is 0 Å². The number of benzene rings is 1. The van der Waals surface area contributed by atoms with Gasteiger partial charge in [-0.05, 0) is 31.9 Å². The second kappa shape index (κ2) is 12.4. The van der Waals surface area contributed by atoms with Gasteiger partial charge in [-0.2, -0.15) is 4.98 Å². The Morgan fingerprint density at radius 3 is 2.93 bits per heavy atom. The summed E-state index contributed by atoms with van der Waals surface area (Å²) in [4.78, 5) is 9.13.